The van der Waals surface area contributed by atoms with Crippen LogP contribution < -0.4 is 4.90 Å². The molecule has 2 N–H and O–H groups in total. The lowest BCUT2D eigenvalue weighted by molar-refractivity contribution is 0.199. The van der Waals surface area contributed by atoms with E-state index in [0.717, 1.165) is 37.9 Å². The van der Waals surface area contributed by atoms with E-state index >= 15 is 0 Å². The van der Waals surface area contributed by atoms with Crippen LogP contribution in [-0.4, -0.2) is 29.4 Å². The number of nitrogens with zero attached hydrogens (tertiary/aromatic N) is 1. The van der Waals surface area contributed by atoms with E-state index in [9.17, 15) is 9.50 Å². The van der Waals surface area contributed by atoms with E-state index in [1.165, 1.54) is 6.07 Å². The highest BCUT2D eigenvalue weighted by molar-refractivity contribution is 5.58. The van der Waals surface area contributed by atoms with Crippen molar-refractivity contribution in [1.29, 1.82) is 0 Å². The smallest absolute Gasteiger partial charge is 0.126 e. The second-order valence-corrected chi connectivity index (χ2v) is 5.69. The van der Waals surface area contributed by atoms with Crippen molar-refractivity contribution >= 4 is 5.69 Å². The Morgan fingerprint density at radius 1 is 1.45 bits per heavy atom. The maximum atomic E-state index is 13.7. The highest BCUT2D eigenvalue weighted by Gasteiger charge is 2.27. The lowest BCUT2D eigenvalue weighted by atomic mass is 10.0. The van der Waals surface area contributed by atoms with Gasteiger partial charge in [0.15, 0.2) is 0 Å². The fraction of sp³-hybridized carbons (Fsp3) is 0.625. The molecule has 4 heteroatoms. The van der Waals surface area contributed by atoms with Crippen molar-refractivity contribution in [2.75, 3.05) is 18.1 Å². The summed E-state index contributed by atoms with van der Waals surface area (Å²) in [5, 5.41) is 18.9. The first-order valence-corrected chi connectivity index (χ1v) is 7.40. The van der Waals surface area contributed by atoms with Crippen molar-refractivity contribution < 1.29 is 14.6 Å². The van der Waals surface area contributed by atoms with Crippen LogP contribution in [0.2, 0.25) is 0 Å². The monoisotopic (exact) mass is 281 g/mol. The number of halogens is 1. The molecule has 1 fully saturated rings. The van der Waals surface area contributed by atoms with Gasteiger partial charge in [0.1, 0.15) is 5.82 Å². The Hall–Kier alpha value is -1.13. The van der Waals surface area contributed by atoms with Crippen LogP contribution >= 0.6 is 0 Å². The third kappa shape index (κ3) is 3.13. The predicted octanol–water partition coefficient (Wildman–Crippen LogP) is 2.93. The first-order valence-electron chi connectivity index (χ1n) is 7.40. The molecule has 2 atom stereocenters. The van der Waals surface area contributed by atoms with Crippen LogP contribution in [-0.2, 0) is 0 Å². The van der Waals surface area contributed by atoms with Crippen molar-refractivity contribution in [3.63, 3.8) is 0 Å². The average molecular weight is 281 g/mol. The summed E-state index contributed by atoms with van der Waals surface area (Å²) in [5.74, 6) is -0.268. The lowest BCUT2D eigenvalue weighted by Crippen LogP contribution is -2.30. The van der Waals surface area contributed by atoms with Gasteiger partial charge in [-0.3, -0.25) is 0 Å². The number of benzene rings is 1. The van der Waals surface area contributed by atoms with Gasteiger partial charge < -0.3 is 15.1 Å². The predicted molar refractivity (Wildman–Crippen MR) is 78.5 cm³/mol. The van der Waals surface area contributed by atoms with Gasteiger partial charge in [-0.2, -0.15) is 0 Å². The van der Waals surface area contributed by atoms with Crippen LogP contribution in [0.25, 0.3) is 0 Å². The molecule has 0 amide bonds. The van der Waals surface area contributed by atoms with E-state index < -0.39 is 6.10 Å². The van der Waals surface area contributed by atoms with E-state index in [1.54, 1.807) is 13.8 Å². The molecule has 1 aromatic carbocycles. The Balaban J connectivity index is 2.32. The zero-order valence-electron chi connectivity index (χ0n) is 12.3. The molecule has 2 rings (SSSR count). The summed E-state index contributed by atoms with van der Waals surface area (Å²) in [4.78, 5) is 2.27. The molecule has 0 bridgehead atoms. The summed E-state index contributed by atoms with van der Waals surface area (Å²) >= 11 is 0. The van der Waals surface area contributed by atoms with E-state index in [2.05, 4.69) is 4.90 Å². The van der Waals surface area contributed by atoms with Crippen LogP contribution in [0.1, 0.15) is 49.8 Å². The zero-order chi connectivity index (χ0) is 14.7. The zero-order valence-corrected chi connectivity index (χ0v) is 12.3. The largest absolute Gasteiger partial charge is 0.396 e. The molecular formula is C16H24FNO2. The molecule has 0 aromatic heterocycles. The summed E-state index contributed by atoms with van der Waals surface area (Å²) in [7, 11) is 0. The standard InChI is InChI=1S/C16H24FNO2/c1-11-9-16(14(12(2)20)10-15(11)17)18-7-3-5-13(18)6-4-8-19/h9-10,12-13,19-20H,3-8H2,1-2H3/t12-,13?/m0/s1. The molecule has 112 valence electrons. The molecule has 3 nitrogen and oxygen atoms in total. The maximum absolute atomic E-state index is 13.7. The van der Waals surface area contributed by atoms with E-state index in [-0.39, 0.29) is 12.4 Å². The number of hydrogen-bond donors (Lipinski definition) is 2. The van der Waals surface area contributed by atoms with Crippen molar-refractivity contribution in [1.82, 2.24) is 0 Å². The molecular weight excluding hydrogens is 257 g/mol. The van der Waals surface area contributed by atoms with Crippen LogP contribution in [0.15, 0.2) is 12.1 Å². The van der Waals surface area contributed by atoms with Gasteiger partial charge in [0, 0.05) is 30.4 Å². The minimum atomic E-state index is -0.681. The number of hydrogen-bond acceptors (Lipinski definition) is 3. The number of aliphatic hydroxyl groups is 2. The third-order valence-electron chi connectivity index (χ3n) is 4.14. The van der Waals surface area contributed by atoms with Crippen molar-refractivity contribution in [2.45, 2.75) is 51.7 Å². The van der Waals surface area contributed by atoms with Crippen LogP contribution in [0.4, 0.5) is 10.1 Å². The number of aryl methyl sites for hydroxylation is 1. The van der Waals surface area contributed by atoms with Gasteiger partial charge in [-0.05, 0) is 57.2 Å². The Labute approximate surface area is 120 Å². The molecule has 0 saturated carbocycles. The van der Waals surface area contributed by atoms with Crippen LogP contribution in [0.3, 0.4) is 0 Å². The molecule has 0 radical (unpaired) electrons. The van der Waals surface area contributed by atoms with Gasteiger partial charge in [0.05, 0.1) is 6.10 Å². The first kappa shape index (κ1) is 15.3. The molecule has 1 aliphatic rings. The normalized spacial score (nSPS) is 20.4. The average Bonchev–Trinajstić information content (AvgIpc) is 2.87. The van der Waals surface area contributed by atoms with Gasteiger partial charge >= 0.3 is 0 Å². The summed E-state index contributed by atoms with van der Waals surface area (Å²) in [6.45, 7) is 4.56. The summed E-state index contributed by atoms with van der Waals surface area (Å²) < 4.78 is 13.7. The topological polar surface area (TPSA) is 43.7 Å². The first-order chi connectivity index (χ1) is 9.54. The Morgan fingerprint density at radius 3 is 2.85 bits per heavy atom. The van der Waals surface area contributed by atoms with Crippen LogP contribution in [0, 0.1) is 12.7 Å². The lowest BCUT2D eigenvalue weighted by Gasteiger charge is -2.30. The molecule has 1 aromatic rings. The van der Waals surface area contributed by atoms with Gasteiger partial charge in [0.2, 0.25) is 0 Å². The highest BCUT2D eigenvalue weighted by atomic mass is 19.1. The molecule has 20 heavy (non-hydrogen) atoms. The fourth-order valence-corrected chi connectivity index (χ4v) is 3.04. The Kier molecular flexibility index (Phi) is 5.00. The van der Waals surface area contributed by atoms with Crippen molar-refractivity contribution in [2.24, 2.45) is 0 Å². The highest BCUT2D eigenvalue weighted by Crippen LogP contribution is 2.35. The minimum absolute atomic E-state index is 0.204. The molecule has 0 spiro atoms. The van der Waals surface area contributed by atoms with E-state index in [1.807, 2.05) is 6.07 Å². The van der Waals surface area contributed by atoms with Crippen molar-refractivity contribution in [3.8, 4) is 0 Å². The van der Waals surface area contributed by atoms with E-state index in [0.29, 0.717) is 17.2 Å². The second-order valence-electron chi connectivity index (χ2n) is 5.69. The quantitative estimate of drug-likeness (QED) is 0.872. The molecule has 0 aliphatic carbocycles. The number of aliphatic hydroxyl groups excluding tert-OH is 2. The van der Waals surface area contributed by atoms with Gasteiger partial charge in [-0.1, -0.05) is 0 Å². The Morgan fingerprint density at radius 2 is 2.20 bits per heavy atom. The van der Waals surface area contributed by atoms with Gasteiger partial charge in [0.25, 0.3) is 0 Å². The Bertz CT molecular complexity index is 462. The number of rotatable bonds is 5. The molecule has 1 saturated heterocycles. The van der Waals surface area contributed by atoms with Gasteiger partial charge in [-0.15, -0.1) is 0 Å². The summed E-state index contributed by atoms with van der Waals surface area (Å²) in [6, 6.07) is 3.68. The maximum Gasteiger partial charge on any atom is 0.126 e. The van der Waals surface area contributed by atoms with Crippen LogP contribution in [0.5, 0.6) is 0 Å². The fourth-order valence-electron chi connectivity index (χ4n) is 3.04. The number of anilines is 1. The van der Waals surface area contributed by atoms with Gasteiger partial charge in [-0.25, -0.2) is 4.39 Å². The van der Waals surface area contributed by atoms with Crippen molar-refractivity contribution in [3.05, 3.63) is 29.1 Å². The molecule has 1 unspecified atom stereocenters. The molecule has 1 aliphatic heterocycles. The molecule has 1 heterocycles. The summed E-state index contributed by atoms with van der Waals surface area (Å²) in [6.07, 6.45) is 3.23. The van der Waals surface area contributed by atoms with E-state index in [4.69, 9.17) is 5.11 Å². The SMILES string of the molecule is Cc1cc(N2CCCC2CCCO)c([C@H](C)O)cc1F. The second kappa shape index (κ2) is 6.55. The minimum Gasteiger partial charge on any atom is -0.396 e. The third-order valence-corrected chi connectivity index (χ3v) is 4.14. The summed E-state index contributed by atoms with van der Waals surface area (Å²) in [5.41, 5.74) is 2.21.